The molecule has 0 amide bonds. The van der Waals surface area contributed by atoms with Crippen LogP contribution < -0.4 is 16.0 Å². The summed E-state index contributed by atoms with van der Waals surface area (Å²) in [6, 6.07) is 57.5. The Hall–Kier alpha value is -7.03. The van der Waals surface area contributed by atoms with Crippen LogP contribution in [0.3, 0.4) is 0 Å². The zero-order chi connectivity index (χ0) is 35.6. The summed E-state index contributed by atoms with van der Waals surface area (Å²) in [4.78, 5) is 14.2. The highest BCUT2D eigenvalue weighted by Crippen LogP contribution is 2.34. The zero-order valence-corrected chi connectivity index (χ0v) is 29.0. The van der Waals surface area contributed by atoms with Crippen molar-refractivity contribution in [2.75, 3.05) is 0 Å². The van der Waals surface area contributed by atoms with E-state index in [2.05, 4.69) is 159 Å². The summed E-state index contributed by atoms with van der Waals surface area (Å²) in [5.41, 5.74) is 6.13. The van der Waals surface area contributed by atoms with Gasteiger partial charge in [0.1, 0.15) is 0 Å². The lowest BCUT2D eigenvalue weighted by Gasteiger charge is -2.16. The van der Waals surface area contributed by atoms with Crippen molar-refractivity contribution in [3.05, 3.63) is 197 Å². The summed E-state index contributed by atoms with van der Waals surface area (Å²) in [6.45, 7) is 8.37. The molecule has 0 aliphatic rings. The lowest BCUT2D eigenvalue weighted by molar-refractivity contribution is 1.06. The molecule has 0 saturated heterocycles. The van der Waals surface area contributed by atoms with E-state index in [1.165, 1.54) is 32.3 Å². The molecular weight excluding hydrogens is 643 g/mol. The summed E-state index contributed by atoms with van der Waals surface area (Å²) in [5, 5.41) is 14.4. The Morgan fingerprint density at radius 1 is 0.434 bits per heavy atom. The van der Waals surface area contributed by atoms with Crippen LogP contribution in [0.4, 0.5) is 0 Å². The van der Waals surface area contributed by atoms with E-state index in [-0.39, 0.29) is 5.56 Å². The van der Waals surface area contributed by atoms with Crippen molar-refractivity contribution in [3.63, 3.8) is 0 Å². The molecule has 0 aliphatic carbocycles. The summed E-state index contributed by atoms with van der Waals surface area (Å²) in [7, 11) is 0. The molecule has 0 radical (unpaired) electrons. The van der Waals surface area contributed by atoms with E-state index in [0.29, 0.717) is 5.39 Å². The molecule has 53 heavy (non-hydrogen) atoms. The number of pyridine rings is 1. The van der Waals surface area contributed by atoms with Crippen molar-refractivity contribution in [1.29, 1.82) is 0 Å². The first-order valence-corrected chi connectivity index (χ1v) is 17.9. The van der Waals surface area contributed by atoms with Gasteiger partial charge in [0.05, 0.1) is 5.52 Å². The van der Waals surface area contributed by atoms with Gasteiger partial charge in [-0.3, -0.25) is 9.36 Å². The molecule has 248 valence electrons. The first-order chi connectivity index (χ1) is 26.1. The molecule has 9 aromatic carbocycles. The summed E-state index contributed by atoms with van der Waals surface area (Å²) >= 11 is 0. The van der Waals surface area contributed by atoms with Crippen molar-refractivity contribution < 1.29 is 0 Å². The number of hydrogen-bond donors (Lipinski definition) is 0. The Kier molecular flexibility index (Phi) is 6.99. The summed E-state index contributed by atoms with van der Waals surface area (Å²) in [5.74, 6) is 0. The quantitative estimate of drug-likeness (QED) is 0.170. The second-order valence-electron chi connectivity index (χ2n) is 13.8. The maximum absolute atomic E-state index is 14.2. The van der Waals surface area contributed by atoms with Crippen LogP contribution in [0.25, 0.3) is 105 Å². The fraction of sp³-hybridized carbons (Fsp3) is 0. The highest BCUT2D eigenvalue weighted by atomic mass is 16.1. The lowest BCUT2D eigenvalue weighted by atomic mass is 9.94. The van der Waals surface area contributed by atoms with Gasteiger partial charge >= 0.3 is 0 Å². The van der Waals surface area contributed by atoms with Crippen LogP contribution in [0.1, 0.15) is 0 Å². The highest BCUT2D eigenvalue weighted by Gasteiger charge is 2.15. The average molecular weight is 676 g/mol. The van der Waals surface area contributed by atoms with Gasteiger partial charge in [0.25, 0.3) is 5.56 Å². The Bertz CT molecular complexity index is 3330. The monoisotopic (exact) mass is 675 g/mol. The molecule has 0 spiro atoms. The maximum atomic E-state index is 14.2. The van der Waals surface area contributed by atoms with E-state index in [0.717, 1.165) is 65.4 Å². The Labute approximate surface area is 306 Å². The molecule has 0 bridgehead atoms. The zero-order valence-electron chi connectivity index (χ0n) is 29.0. The number of benzene rings is 9. The topological polar surface area (TPSA) is 22.0 Å². The number of rotatable bonds is 4. The van der Waals surface area contributed by atoms with Crippen LogP contribution in [0.2, 0.25) is 0 Å². The van der Waals surface area contributed by atoms with Gasteiger partial charge in [-0.05, 0) is 124 Å². The standard InChI is InChI=1S/C51H33NO/c1-3-10-40-32(2)41-12-6-7-14-44(41)48-30-36(22-27-46(40)48)33-19-24-39(25-20-33)52-50-28-23-37(31-49(50)45-15-8-9-16-47(45)51(52)53)35-21-26-43-38(29-35)18-17-34-11-4-5-13-42(34)43/h3-31H,1-2H2/b40-10+. The van der Waals surface area contributed by atoms with Crippen molar-refractivity contribution in [2.45, 2.75) is 0 Å². The normalized spacial score (nSPS) is 12.1. The van der Waals surface area contributed by atoms with E-state index in [1.54, 1.807) is 0 Å². The minimum Gasteiger partial charge on any atom is -0.276 e. The number of aromatic nitrogens is 1. The SMILES string of the molecule is C=C/C=c1\c(=C)c2ccccc2c2cc(-c3ccc(-n4c(=O)c5ccccc5c5cc(-c6ccc7c(ccc8ccccc87)c6)ccc54)cc3)ccc12. The van der Waals surface area contributed by atoms with Gasteiger partial charge in [-0.2, -0.15) is 0 Å². The van der Waals surface area contributed by atoms with Gasteiger partial charge in [0.15, 0.2) is 0 Å². The van der Waals surface area contributed by atoms with Crippen LogP contribution in [0.5, 0.6) is 0 Å². The molecule has 0 saturated carbocycles. The fourth-order valence-corrected chi connectivity index (χ4v) is 8.29. The predicted octanol–water partition coefficient (Wildman–Crippen LogP) is 11.5. The third kappa shape index (κ3) is 4.84. The van der Waals surface area contributed by atoms with E-state index in [9.17, 15) is 4.79 Å². The molecule has 10 rings (SSSR count). The van der Waals surface area contributed by atoms with Gasteiger partial charge < -0.3 is 0 Å². The van der Waals surface area contributed by atoms with E-state index in [4.69, 9.17) is 0 Å². The fourth-order valence-electron chi connectivity index (χ4n) is 8.29. The molecule has 0 atom stereocenters. The maximum Gasteiger partial charge on any atom is 0.263 e. The Morgan fingerprint density at radius 2 is 0.981 bits per heavy atom. The van der Waals surface area contributed by atoms with Gasteiger partial charge in [-0.25, -0.2) is 0 Å². The second-order valence-corrected chi connectivity index (χ2v) is 13.8. The molecule has 2 heteroatoms. The molecule has 0 fully saturated rings. The van der Waals surface area contributed by atoms with Gasteiger partial charge in [-0.15, -0.1) is 0 Å². The molecule has 2 nitrogen and oxygen atoms in total. The van der Waals surface area contributed by atoms with Crippen LogP contribution in [-0.2, 0) is 0 Å². The number of nitrogens with zero attached hydrogens (tertiary/aromatic N) is 1. The van der Waals surface area contributed by atoms with Gasteiger partial charge in [0.2, 0.25) is 0 Å². The minimum absolute atomic E-state index is 0.0293. The molecule has 0 N–H and O–H groups in total. The van der Waals surface area contributed by atoms with E-state index >= 15 is 0 Å². The molecule has 0 unspecified atom stereocenters. The number of hydrogen-bond acceptors (Lipinski definition) is 1. The summed E-state index contributed by atoms with van der Waals surface area (Å²) < 4.78 is 1.86. The lowest BCUT2D eigenvalue weighted by Crippen LogP contribution is -2.24. The third-order valence-electron chi connectivity index (χ3n) is 10.9. The average Bonchev–Trinajstić information content (AvgIpc) is 3.22. The first-order valence-electron chi connectivity index (χ1n) is 17.9. The largest absolute Gasteiger partial charge is 0.276 e. The number of allylic oxidation sites excluding steroid dienone is 1. The molecule has 10 aromatic rings. The third-order valence-corrected chi connectivity index (χ3v) is 10.9. The van der Waals surface area contributed by atoms with E-state index in [1.807, 2.05) is 34.9 Å². The van der Waals surface area contributed by atoms with Gasteiger partial charge in [-0.1, -0.05) is 147 Å². The van der Waals surface area contributed by atoms with Gasteiger partial charge in [0, 0.05) is 16.5 Å². The van der Waals surface area contributed by atoms with E-state index < -0.39 is 0 Å². The van der Waals surface area contributed by atoms with Crippen molar-refractivity contribution in [1.82, 2.24) is 4.57 Å². The van der Waals surface area contributed by atoms with Crippen molar-refractivity contribution in [3.8, 4) is 27.9 Å². The highest BCUT2D eigenvalue weighted by molar-refractivity contribution is 6.11. The van der Waals surface area contributed by atoms with Crippen molar-refractivity contribution >= 4 is 77.4 Å². The van der Waals surface area contributed by atoms with Crippen LogP contribution in [0.15, 0.2) is 181 Å². The van der Waals surface area contributed by atoms with Crippen LogP contribution in [-0.4, -0.2) is 4.57 Å². The predicted molar refractivity (Wildman–Crippen MR) is 227 cm³/mol. The summed E-state index contributed by atoms with van der Waals surface area (Å²) in [6.07, 6.45) is 3.87. The smallest absolute Gasteiger partial charge is 0.263 e. The number of fused-ring (bicyclic) bond motifs is 9. The van der Waals surface area contributed by atoms with Crippen molar-refractivity contribution in [2.24, 2.45) is 0 Å². The molecule has 1 aromatic heterocycles. The van der Waals surface area contributed by atoms with Crippen LogP contribution >= 0.6 is 0 Å². The second kappa shape index (κ2) is 12.0. The Morgan fingerprint density at radius 3 is 1.75 bits per heavy atom. The molecule has 1 heterocycles. The Balaban J connectivity index is 1.10. The molecular formula is C51H33NO. The first kappa shape index (κ1) is 30.8. The minimum atomic E-state index is -0.0293. The van der Waals surface area contributed by atoms with Crippen LogP contribution in [0, 0.1) is 0 Å². The molecule has 0 aliphatic heterocycles.